The molecule has 1 aliphatic carbocycles. The molecule has 0 spiro atoms. The molecule has 3 aromatic carbocycles. The Balaban J connectivity index is 0. The van der Waals surface area contributed by atoms with Gasteiger partial charge in [-0.15, -0.1) is 0 Å². The Kier molecular flexibility index (Phi) is 19.4. The van der Waals surface area contributed by atoms with Crippen LogP contribution in [-0.2, 0) is 24.8 Å². The summed E-state index contributed by atoms with van der Waals surface area (Å²) >= 11 is 0. The normalized spacial score (nSPS) is 11.1. The van der Waals surface area contributed by atoms with Crippen molar-refractivity contribution in [1.29, 1.82) is 0 Å². The Bertz CT molecular complexity index is 645. The molecule has 4 heteroatoms. The third-order valence-electron chi connectivity index (χ3n) is 3.60. The number of benzene rings is 3. The Morgan fingerprint density at radius 3 is 0.897 bits per heavy atom. The first-order valence-corrected chi connectivity index (χ1v) is 9.62. The van der Waals surface area contributed by atoms with E-state index in [9.17, 15) is 0 Å². The van der Waals surface area contributed by atoms with Gasteiger partial charge in [-0.25, -0.2) is 0 Å². The molecule has 1 nitrogen and oxygen atoms in total. The standard InChI is InChI=1S/C18H15P.C5H5.CO.CH3.ClH.Ir/c1-4-10-16(11-5-1)19(17-12-6-2-7-13-17)18-14-8-3-9-15-18;1-2-4-5-3-1;1-2;;;/h1-15H;1-5H;;1H3;1H;/q;;;-1;;/p-1. The van der Waals surface area contributed by atoms with E-state index in [0.717, 1.165) is 0 Å². The predicted octanol–water partition coefficient (Wildman–Crippen LogP) is 1.88. The number of rotatable bonds is 3. The summed E-state index contributed by atoms with van der Waals surface area (Å²) in [6.45, 7) is 4.50. The third kappa shape index (κ3) is 10.4. The van der Waals surface area contributed by atoms with Crippen molar-refractivity contribution < 1.29 is 37.2 Å². The van der Waals surface area contributed by atoms with Crippen LogP contribution in [0.1, 0.15) is 0 Å². The van der Waals surface area contributed by atoms with Crippen molar-refractivity contribution in [1.82, 2.24) is 0 Å². The Morgan fingerprint density at radius 2 is 0.690 bits per heavy atom. The van der Waals surface area contributed by atoms with Crippen molar-refractivity contribution >= 4 is 23.8 Å². The first-order chi connectivity index (χ1) is 12.9. The van der Waals surface area contributed by atoms with Crippen molar-refractivity contribution in [2.75, 3.05) is 0 Å². The maximum Gasteiger partial charge on any atom is 0 e. The van der Waals surface area contributed by atoms with Gasteiger partial charge in [-0.3, -0.25) is 0 Å². The summed E-state index contributed by atoms with van der Waals surface area (Å²) in [4.78, 5) is 0. The van der Waals surface area contributed by atoms with Gasteiger partial charge < -0.3 is 19.8 Å². The molecule has 0 amide bonds. The second-order valence-corrected chi connectivity index (χ2v) is 7.52. The van der Waals surface area contributed by atoms with Gasteiger partial charge in [0.25, 0.3) is 0 Å². The smallest absolute Gasteiger partial charge is 0 e. The number of halogens is 1. The van der Waals surface area contributed by atoms with Gasteiger partial charge in [-0.2, -0.15) is 0 Å². The molecule has 1 fully saturated rings. The van der Waals surface area contributed by atoms with Crippen molar-refractivity contribution in [3.8, 4) is 0 Å². The molecule has 3 aromatic rings. The van der Waals surface area contributed by atoms with E-state index in [4.69, 9.17) is 4.65 Å². The second kappa shape index (κ2) is 18.8. The van der Waals surface area contributed by atoms with Crippen LogP contribution in [0, 0.1) is 46.2 Å². The fraction of sp³-hybridized carbons (Fsp3) is 0. The first kappa shape index (κ1) is 30.0. The van der Waals surface area contributed by atoms with Crippen LogP contribution < -0.4 is 28.3 Å². The van der Waals surface area contributed by atoms with E-state index in [1.54, 1.807) is 0 Å². The molecule has 4 rings (SSSR count). The average molecular weight is 598 g/mol. The van der Waals surface area contributed by atoms with Crippen LogP contribution in [0.3, 0.4) is 0 Å². The van der Waals surface area contributed by atoms with Gasteiger partial charge in [0.2, 0.25) is 0 Å². The molecule has 29 heavy (non-hydrogen) atoms. The van der Waals surface area contributed by atoms with Crippen molar-refractivity contribution in [3.05, 3.63) is 137 Å². The second-order valence-electron chi connectivity index (χ2n) is 5.30. The summed E-state index contributed by atoms with van der Waals surface area (Å²) in [5.41, 5.74) is 0. The van der Waals surface area contributed by atoms with E-state index >= 15 is 0 Å². The minimum Gasteiger partial charge on any atom is -1.00 e. The molecule has 1 aliphatic rings. The molecule has 0 bridgehead atoms. The van der Waals surface area contributed by atoms with Gasteiger partial charge in [0, 0.05) is 20.1 Å². The molecule has 0 N–H and O–H groups in total. The van der Waals surface area contributed by atoms with Crippen LogP contribution in [0.2, 0.25) is 0 Å². The minimum absolute atomic E-state index is 0. The molecule has 0 atom stereocenters. The van der Waals surface area contributed by atoms with Gasteiger partial charge in [0.05, 0.1) is 0 Å². The van der Waals surface area contributed by atoms with Crippen LogP contribution in [-0.4, -0.2) is 0 Å². The maximum atomic E-state index is 7.50. The summed E-state index contributed by atoms with van der Waals surface area (Å²) in [7, 11) is -0.446. The fourth-order valence-electron chi connectivity index (χ4n) is 2.50. The zero-order chi connectivity index (χ0) is 18.5. The topological polar surface area (TPSA) is 19.9 Å². The van der Waals surface area contributed by atoms with Crippen LogP contribution in [0.25, 0.3) is 0 Å². The van der Waals surface area contributed by atoms with Crippen LogP contribution in [0.5, 0.6) is 0 Å². The van der Waals surface area contributed by atoms with E-state index in [-0.39, 0.29) is 39.9 Å². The van der Waals surface area contributed by atoms with E-state index in [1.807, 2.05) is 32.1 Å². The van der Waals surface area contributed by atoms with Crippen LogP contribution in [0.15, 0.2) is 91.0 Å². The molecule has 6 radical (unpaired) electrons. The first-order valence-electron chi connectivity index (χ1n) is 8.27. The molecule has 0 saturated heterocycles. The Morgan fingerprint density at radius 1 is 0.483 bits per heavy atom. The molecule has 152 valence electrons. The van der Waals surface area contributed by atoms with E-state index in [1.165, 1.54) is 15.9 Å². The summed E-state index contributed by atoms with van der Waals surface area (Å²) in [6.07, 6.45) is 10.0. The maximum absolute atomic E-state index is 7.50. The van der Waals surface area contributed by atoms with Gasteiger partial charge in [0.1, 0.15) is 0 Å². The van der Waals surface area contributed by atoms with Gasteiger partial charge >= 0.3 is 11.3 Å². The van der Waals surface area contributed by atoms with Gasteiger partial charge in [0.15, 0.2) is 0 Å². The molecule has 0 aromatic heterocycles. The summed E-state index contributed by atoms with van der Waals surface area (Å²) < 4.78 is 7.50. The predicted molar refractivity (Wildman–Crippen MR) is 117 cm³/mol. The van der Waals surface area contributed by atoms with E-state index in [2.05, 4.69) is 97.6 Å². The van der Waals surface area contributed by atoms with Crippen molar-refractivity contribution in [3.63, 3.8) is 0 Å². The van der Waals surface area contributed by atoms with E-state index < -0.39 is 7.92 Å². The Labute approximate surface area is 197 Å². The van der Waals surface area contributed by atoms with E-state index in [0.29, 0.717) is 0 Å². The molecule has 1 saturated carbocycles. The fourth-order valence-corrected chi connectivity index (χ4v) is 4.80. The summed E-state index contributed by atoms with van der Waals surface area (Å²) in [6, 6.07) is 32.3. The average Bonchev–Trinajstić information content (AvgIpc) is 3.33. The van der Waals surface area contributed by atoms with Crippen molar-refractivity contribution in [2.24, 2.45) is 0 Å². The number of hydrogen-bond donors (Lipinski definition) is 0. The van der Waals surface area contributed by atoms with Gasteiger partial charge in [-0.1, -0.05) is 91.0 Å². The zero-order valence-corrected chi connectivity index (χ0v) is 20.2. The van der Waals surface area contributed by atoms with Crippen LogP contribution >= 0.6 is 7.92 Å². The molecular formula is C25H23ClIrOP-2. The monoisotopic (exact) mass is 598 g/mol. The summed E-state index contributed by atoms with van der Waals surface area (Å²) in [5, 5.41) is 4.19. The van der Waals surface area contributed by atoms with Crippen LogP contribution in [0.4, 0.5) is 0 Å². The van der Waals surface area contributed by atoms with Crippen molar-refractivity contribution in [2.45, 2.75) is 0 Å². The SMILES string of the molecule is [C-]#[O+].[CH3-].[CH]1[CH][CH][CH][CH]1.[Cl-].[Ir].c1ccc(P(c2ccccc2)c2ccccc2)cc1. The summed E-state index contributed by atoms with van der Waals surface area (Å²) in [5.74, 6) is 0. The molecule has 0 heterocycles. The largest absolute Gasteiger partial charge is 1.00 e. The number of hydrogen-bond acceptors (Lipinski definition) is 0. The minimum atomic E-state index is -0.446. The third-order valence-corrected chi connectivity index (χ3v) is 6.04. The molecular weight excluding hydrogens is 575 g/mol. The zero-order valence-electron chi connectivity index (χ0n) is 16.1. The quantitative estimate of drug-likeness (QED) is 0.250. The van der Waals surface area contributed by atoms with Gasteiger partial charge in [-0.05, 0) is 55.9 Å². The molecule has 0 aliphatic heterocycles. The molecule has 0 unspecified atom stereocenters. The Hall–Kier alpha value is -1.23.